The zero-order valence-electron chi connectivity index (χ0n) is 5.73. The molecule has 1 heterocycles. The summed E-state index contributed by atoms with van der Waals surface area (Å²) in [5.74, 6) is 0. The first-order valence-corrected chi connectivity index (χ1v) is 4.23. The number of halogens is 1. The predicted octanol–water partition coefficient (Wildman–Crippen LogP) is 0.611. The Balaban J connectivity index is 3.47. The Hall–Kier alpha value is -1.48. The van der Waals surface area contributed by atoms with E-state index in [-0.39, 0.29) is 5.56 Å². The molecule has 0 saturated carbocycles. The molecule has 0 radical (unpaired) electrons. The Morgan fingerprint density at radius 1 is 1.58 bits per heavy atom. The molecule has 0 aromatic carbocycles. The zero-order valence-corrected chi connectivity index (χ0v) is 6.55. The summed E-state index contributed by atoms with van der Waals surface area (Å²) in [7, 11) is -4.81. The van der Waals surface area contributed by atoms with Gasteiger partial charge in [-0.3, -0.25) is 4.98 Å². The lowest BCUT2D eigenvalue weighted by molar-refractivity contribution is 0.551. The Morgan fingerprint density at radius 2 is 2.25 bits per heavy atom. The van der Waals surface area contributed by atoms with Gasteiger partial charge in [0.25, 0.3) is 0 Å². The van der Waals surface area contributed by atoms with Crippen molar-refractivity contribution < 1.29 is 12.3 Å². The summed E-state index contributed by atoms with van der Waals surface area (Å²) in [4.78, 5) is 2.84. The molecule has 0 fully saturated rings. The average Bonchev–Trinajstić information content (AvgIpc) is 2.03. The average molecular weight is 186 g/mol. The highest BCUT2D eigenvalue weighted by Gasteiger charge is 2.16. The lowest BCUT2D eigenvalue weighted by Gasteiger charge is -1.94. The van der Waals surface area contributed by atoms with E-state index in [2.05, 4.69) is 4.98 Å². The van der Waals surface area contributed by atoms with Crippen molar-refractivity contribution in [2.24, 2.45) is 0 Å². The number of hydrogen-bond donors (Lipinski definition) is 0. The quantitative estimate of drug-likeness (QED) is 0.602. The van der Waals surface area contributed by atoms with E-state index in [9.17, 15) is 12.3 Å². The van der Waals surface area contributed by atoms with Crippen molar-refractivity contribution in [1.82, 2.24) is 4.98 Å². The second kappa shape index (κ2) is 2.87. The SMILES string of the molecule is N#Cc1cnccc1S(=O)(=O)F. The van der Waals surface area contributed by atoms with E-state index in [4.69, 9.17) is 5.26 Å². The van der Waals surface area contributed by atoms with Crippen LogP contribution in [0, 0.1) is 11.3 Å². The molecule has 0 saturated heterocycles. The zero-order chi connectivity index (χ0) is 9.19. The van der Waals surface area contributed by atoms with Crippen LogP contribution in [-0.2, 0) is 10.2 Å². The van der Waals surface area contributed by atoms with Gasteiger partial charge in [0.15, 0.2) is 0 Å². The summed E-state index contributed by atoms with van der Waals surface area (Å²) in [6.45, 7) is 0. The van der Waals surface area contributed by atoms with Crippen LogP contribution in [0.25, 0.3) is 0 Å². The van der Waals surface area contributed by atoms with E-state index in [1.807, 2.05) is 0 Å². The second-order valence-corrected chi connectivity index (χ2v) is 3.24. The van der Waals surface area contributed by atoms with Crippen molar-refractivity contribution in [3.8, 4) is 6.07 Å². The van der Waals surface area contributed by atoms with Crippen LogP contribution in [0.5, 0.6) is 0 Å². The highest BCUT2D eigenvalue weighted by molar-refractivity contribution is 7.86. The van der Waals surface area contributed by atoms with E-state index in [1.54, 1.807) is 0 Å². The smallest absolute Gasteiger partial charge is 0.263 e. The van der Waals surface area contributed by atoms with Crippen molar-refractivity contribution in [3.63, 3.8) is 0 Å². The number of nitrogens with zero attached hydrogens (tertiary/aromatic N) is 2. The summed E-state index contributed by atoms with van der Waals surface area (Å²) in [5, 5.41) is 8.36. The predicted molar refractivity (Wildman–Crippen MR) is 37.2 cm³/mol. The molecule has 0 bridgehead atoms. The summed E-state index contributed by atoms with van der Waals surface area (Å²) < 4.78 is 33.1. The van der Waals surface area contributed by atoms with E-state index >= 15 is 0 Å². The second-order valence-electron chi connectivity index (χ2n) is 1.92. The maximum Gasteiger partial charge on any atom is 0.333 e. The number of rotatable bonds is 1. The minimum atomic E-state index is -4.81. The molecule has 0 atom stereocenters. The molecule has 0 unspecified atom stereocenters. The number of nitriles is 1. The molecule has 0 aliphatic rings. The first kappa shape index (κ1) is 8.62. The van der Waals surface area contributed by atoms with Gasteiger partial charge in [0.05, 0.1) is 5.56 Å². The largest absolute Gasteiger partial charge is 0.333 e. The molecule has 6 heteroatoms. The summed E-state index contributed by atoms with van der Waals surface area (Å²) in [5.41, 5.74) is -0.292. The normalized spacial score (nSPS) is 10.7. The van der Waals surface area contributed by atoms with Gasteiger partial charge in [0.2, 0.25) is 0 Å². The fraction of sp³-hybridized carbons (Fsp3) is 0. The molecule has 1 rings (SSSR count). The van der Waals surface area contributed by atoms with E-state index in [0.717, 1.165) is 18.5 Å². The summed E-state index contributed by atoms with van der Waals surface area (Å²) in [6, 6.07) is 2.46. The third-order valence-corrected chi connectivity index (χ3v) is 2.05. The number of hydrogen-bond acceptors (Lipinski definition) is 4. The maximum atomic E-state index is 12.4. The Bertz CT molecular complexity index is 435. The molecule has 1 aromatic rings. The first-order valence-electron chi connectivity index (χ1n) is 2.84. The van der Waals surface area contributed by atoms with Gasteiger partial charge in [-0.15, -0.1) is 3.89 Å². The molecule has 12 heavy (non-hydrogen) atoms. The maximum absolute atomic E-state index is 12.4. The topological polar surface area (TPSA) is 70.8 Å². The molecule has 0 amide bonds. The van der Waals surface area contributed by atoms with Crippen molar-refractivity contribution in [2.45, 2.75) is 4.90 Å². The highest BCUT2D eigenvalue weighted by atomic mass is 32.3. The van der Waals surface area contributed by atoms with Gasteiger partial charge in [0, 0.05) is 12.4 Å². The lowest BCUT2D eigenvalue weighted by Crippen LogP contribution is -1.96. The molecule has 0 spiro atoms. The third kappa shape index (κ3) is 1.57. The Labute approximate surface area is 68.5 Å². The van der Waals surface area contributed by atoms with Crippen molar-refractivity contribution in [1.29, 1.82) is 5.26 Å². The molecule has 62 valence electrons. The number of pyridine rings is 1. The van der Waals surface area contributed by atoms with Crippen LogP contribution in [0.1, 0.15) is 5.56 Å². The molecule has 4 nitrogen and oxygen atoms in total. The highest BCUT2D eigenvalue weighted by Crippen LogP contribution is 2.14. The first-order chi connectivity index (χ1) is 5.55. The minimum absolute atomic E-state index is 0.292. The van der Waals surface area contributed by atoms with Crippen molar-refractivity contribution in [2.75, 3.05) is 0 Å². The van der Waals surface area contributed by atoms with Crippen LogP contribution in [-0.4, -0.2) is 13.4 Å². The van der Waals surface area contributed by atoms with Crippen LogP contribution in [0.15, 0.2) is 23.4 Å². The van der Waals surface area contributed by atoms with Gasteiger partial charge in [-0.05, 0) is 6.07 Å². The standard InChI is InChI=1S/C6H3FN2O2S/c7-12(10,11)6-1-2-9-4-5(6)3-8/h1-2,4H. The van der Waals surface area contributed by atoms with Crippen LogP contribution in [0.2, 0.25) is 0 Å². The summed E-state index contributed by atoms with van der Waals surface area (Å²) in [6.07, 6.45) is 2.10. The van der Waals surface area contributed by atoms with Crippen LogP contribution < -0.4 is 0 Å². The summed E-state index contributed by atoms with van der Waals surface area (Å²) >= 11 is 0. The van der Waals surface area contributed by atoms with Crippen LogP contribution in [0.3, 0.4) is 0 Å². The fourth-order valence-electron chi connectivity index (χ4n) is 0.678. The Kier molecular flexibility index (Phi) is 2.06. The van der Waals surface area contributed by atoms with Gasteiger partial charge in [0.1, 0.15) is 11.0 Å². The van der Waals surface area contributed by atoms with Gasteiger partial charge < -0.3 is 0 Å². The molecular weight excluding hydrogens is 183 g/mol. The molecule has 0 aliphatic carbocycles. The van der Waals surface area contributed by atoms with E-state index in [1.165, 1.54) is 6.07 Å². The van der Waals surface area contributed by atoms with Gasteiger partial charge >= 0.3 is 10.2 Å². The van der Waals surface area contributed by atoms with Crippen LogP contribution >= 0.6 is 0 Å². The molecule has 0 N–H and O–H groups in total. The van der Waals surface area contributed by atoms with Gasteiger partial charge in [-0.1, -0.05) is 0 Å². The molecular formula is C6H3FN2O2S. The van der Waals surface area contributed by atoms with E-state index in [0.29, 0.717) is 0 Å². The van der Waals surface area contributed by atoms with Gasteiger partial charge in [-0.2, -0.15) is 13.7 Å². The lowest BCUT2D eigenvalue weighted by atomic mass is 10.3. The number of aromatic nitrogens is 1. The molecule has 0 aliphatic heterocycles. The van der Waals surface area contributed by atoms with Gasteiger partial charge in [-0.25, -0.2) is 0 Å². The Morgan fingerprint density at radius 3 is 2.67 bits per heavy atom. The van der Waals surface area contributed by atoms with Crippen molar-refractivity contribution in [3.05, 3.63) is 24.0 Å². The van der Waals surface area contributed by atoms with Crippen LogP contribution in [0.4, 0.5) is 3.89 Å². The minimum Gasteiger partial charge on any atom is -0.263 e. The monoisotopic (exact) mass is 186 g/mol. The fourth-order valence-corrected chi connectivity index (χ4v) is 1.26. The third-order valence-electron chi connectivity index (χ3n) is 1.16. The van der Waals surface area contributed by atoms with E-state index < -0.39 is 15.1 Å². The molecule has 1 aromatic heterocycles. The van der Waals surface area contributed by atoms with Crippen molar-refractivity contribution >= 4 is 10.2 Å².